The lowest BCUT2D eigenvalue weighted by Crippen LogP contribution is -2.14. The van der Waals surface area contributed by atoms with Crippen molar-refractivity contribution in [3.63, 3.8) is 0 Å². The van der Waals surface area contributed by atoms with Crippen LogP contribution in [0.3, 0.4) is 0 Å². The smallest absolute Gasteiger partial charge is 0.221 e. The van der Waals surface area contributed by atoms with Crippen molar-refractivity contribution in [2.24, 2.45) is 5.73 Å². The van der Waals surface area contributed by atoms with Crippen LogP contribution in [0, 0.1) is 0 Å². The monoisotopic (exact) mass is 313 g/mol. The topological polar surface area (TPSA) is 43.1 Å². The van der Waals surface area contributed by atoms with E-state index in [-0.39, 0.29) is 12.3 Å². The van der Waals surface area contributed by atoms with Crippen molar-refractivity contribution in [2.45, 2.75) is 6.42 Å². The van der Waals surface area contributed by atoms with Crippen LogP contribution < -0.4 is 5.73 Å². The molecule has 2 heteroatoms. The SMILES string of the molecule is NC(=O)Cc1ccccc1/C(=C/c1ccccc1)c1ccccc1. The summed E-state index contributed by atoms with van der Waals surface area (Å²) >= 11 is 0. The molecule has 3 rings (SSSR count). The van der Waals surface area contributed by atoms with Gasteiger partial charge < -0.3 is 5.73 Å². The van der Waals surface area contributed by atoms with E-state index in [2.05, 4.69) is 30.3 Å². The largest absolute Gasteiger partial charge is 0.369 e. The molecular weight excluding hydrogens is 294 g/mol. The Labute approximate surface area is 142 Å². The van der Waals surface area contributed by atoms with E-state index in [9.17, 15) is 4.79 Å². The molecule has 0 fully saturated rings. The van der Waals surface area contributed by atoms with Gasteiger partial charge in [0.15, 0.2) is 0 Å². The third-order valence-corrected chi connectivity index (χ3v) is 3.87. The zero-order valence-corrected chi connectivity index (χ0v) is 13.4. The molecule has 0 aliphatic carbocycles. The fraction of sp³-hybridized carbons (Fsp3) is 0.0455. The molecule has 0 aliphatic rings. The number of rotatable bonds is 5. The van der Waals surface area contributed by atoms with Gasteiger partial charge in [0, 0.05) is 0 Å². The summed E-state index contributed by atoms with van der Waals surface area (Å²) in [4.78, 5) is 11.4. The van der Waals surface area contributed by atoms with Gasteiger partial charge >= 0.3 is 0 Å². The summed E-state index contributed by atoms with van der Waals surface area (Å²) in [5.41, 5.74) is 10.7. The lowest BCUT2D eigenvalue weighted by molar-refractivity contribution is -0.117. The van der Waals surface area contributed by atoms with Gasteiger partial charge in [0.2, 0.25) is 5.91 Å². The zero-order valence-electron chi connectivity index (χ0n) is 13.4. The van der Waals surface area contributed by atoms with Gasteiger partial charge in [-0.05, 0) is 33.9 Å². The summed E-state index contributed by atoms with van der Waals surface area (Å²) in [6, 6.07) is 28.3. The molecule has 0 saturated carbocycles. The summed E-state index contributed by atoms with van der Waals surface area (Å²) in [6.07, 6.45) is 2.38. The molecule has 3 aromatic carbocycles. The molecule has 0 aliphatic heterocycles. The van der Waals surface area contributed by atoms with Gasteiger partial charge in [-0.15, -0.1) is 0 Å². The summed E-state index contributed by atoms with van der Waals surface area (Å²) in [5, 5.41) is 0. The summed E-state index contributed by atoms with van der Waals surface area (Å²) in [6.45, 7) is 0. The van der Waals surface area contributed by atoms with Gasteiger partial charge in [-0.1, -0.05) is 84.9 Å². The van der Waals surface area contributed by atoms with E-state index in [1.807, 2.05) is 60.7 Å². The van der Waals surface area contributed by atoms with Gasteiger partial charge in [-0.3, -0.25) is 4.79 Å². The Bertz CT molecular complexity index is 851. The van der Waals surface area contributed by atoms with Crippen LogP contribution >= 0.6 is 0 Å². The van der Waals surface area contributed by atoms with Crippen molar-refractivity contribution in [2.75, 3.05) is 0 Å². The number of amides is 1. The van der Waals surface area contributed by atoms with E-state index in [0.717, 1.165) is 27.8 Å². The first-order valence-electron chi connectivity index (χ1n) is 7.93. The first-order valence-corrected chi connectivity index (χ1v) is 7.93. The van der Waals surface area contributed by atoms with Crippen molar-refractivity contribution < 1.29 is 4.79 Å². The van der Waals surface area contributed by atoms with Crippen molar-refractivity contribution >= 4 is 17.6 Å². The normalized spacial score (nSPS) is 11.2. The minimum Gasteiger partial charge on any atom is -0.369 e. The minimum atomic E-state index is -0.324. The van der Waals surface area contributed by atoms with Gasteiger partial charge in [-0.2, -0.15) is 0 Å². The Morgan fingerprint density at radius 3 is 2.04 bits per heavy atom. The third-order valence-electron chi connectivity index (χ3n) is 3.87. The molecule has 2 N–H and O–H groups in total. The number of carbonyl (C=O) groups is 1. The van der Waals surface area contributed by atoms with Crippen LogP contribution in [-0.4, -0.2) is 5.91 Å². The van der Waals surface area contributed by atoms with Crippen molar-refractivity contribution in [1.29, 1.82) is 0 Å². The molecule has 2 nitrogen and oxygen atoms in total. The second-order valence-corrected chi connectivity index (χ2v) is 5.63. The van der Waals surface area contributed by atoms with Crippen LogP contribution in [0.1, 0.15) is 22.3 Å². The first-order chi connectivity index (χ1) is 11.7. The minimum absolute atomic E-state index is 0.231. The Kier molecular flexibility index (Phi) is 4.87. The maximum absolute atomic E-state index is 11.4. The van der Waals surface area contributed by atoms with Crippen molar-refractivity contribution in [1.82, 2.24) is 0 Å². The number of nitrogens with two attached hydrogens (primary N) is 1. The second-order valence-electron chi connectivity index (χ2n) is 5.63. The van der Waals surface area contributed by atoms with E-state index in [0.29, 0.717) is 0 Å². The molecule has 0 bridgehead atoms. The van der Waals surface area contributed by atoms with Crippen LogP contribution in [0.5, 0.6) is 0 Å². The molecule has 0 heterocycles. The highest BCUT2D eigenvalue weighted by Gasteiger charge is 2.11. The number of carbonyl (C=O) groups excluding carboxylic acids is 1. The van der Waals surface area contributed by atoms with Crippen LogP contribution in [0.2, 0.25) is 0 Å². The first kappa shape index (κ1) is 15.8. The standard InChI is InChI=1S/C22H19NO/c23-22(24)16-19-13-7-8-14-20(19)21(18-11-5-2-6-12-18)15-17-9-3-1-4-10-17/h1-15H,16H2,(H2,23,24)/b21-15+. The third kappa shape index (κ3) is 3.79. The van der Waals surface area contributed by atoms with Crippen molar-refractivity contribution in [3.8, 4) is 0 Å². The highest BCUT2D eigenvalue weighted by atomic mass is 16.1. The maximum atomic E-state index is 11.4. The Balaban J connectivity index is 2.16. The lowest BCUT2D eigenvalue weighted by Gasteiger charge is -2.13. The van der Waals surface area contributed by atoms with Crippen molar-refractivity contribution in [3.05, 3.63) is 107 Å². The predicted octanol–water partition coefficient (Wildman–Crippen LogP) is 4.30. The van der Waals surface area contributed by atoms with Gasteiger partial charge in [0.25, 0.3) is 0 Å². The molecule has 0 radical (unpaired) electrons. The molecule has 0 saturated heterocycles. The zero-order chi connectivity index (χ0) is 16.8. The van der Waals surface area contributed by atoms with E-state index in [1.165, 1.54) is 0 Å². The predicted molar refractivity (Wildman–Crippen MR) is 99.2 cm³/mol. The summed E-state index contributed by atoms with van der Waals surface area (Å²) in [7, 11) is 0. The van der Waals surface area contributed by atoms with E-state index < -0.39 is 0 Å². The quantitative estimate of drug-likeness (QED) is 0.701. The molecule has 3 aromatic rings. The van der Waals surface area contributed by atoms with Crippen LogP contribution in [0.25, 0.3) is 11.6 Å². The molecule has 24 heavy (non-hydrogen) atoms. The fourth-order valence-electron chi connectivity index (χ4n) is 2.78. The van der Waals surface area contributed by atoms with Crippen LogP contribution in [-0.2, 0) is 11.2 Å². The Morgan fingerprint density at radius 1 is 0.792 bits per heavy atom. The fourth-order valence-corrected chi connectivity index (χ4v) is 2.78. The number of hydrogen-bond donors (Lipinski definition) is 1. The number of primary amides is 1. The molecular formula is C22H19NO. The lowest BCUT2D eigenvalue weighted by atomic mass is 9.91. The molecule has 0 atom stereocenters. The number of hydrogen-bond acceptors (Lipinski definition) is 1. The van der Waals surface area contributed by atoms with Gasteiger partial charge in [0.1, 0.15) is 0 Å². The molecule has 1 amide bonds. The molecule has 0 unspecified atom stereocenters. The number of benzene rings is 3. The summed E-state index contributed by atoms with van der Waals surface area (Å²) < 4.78 is 0. The average Bonchev–Trinajstić information content (AvgIpc) is 2.62. The van der Waals surface area contributed by atoms with Crippen LogP contribution in [0.4, 0.5) is 0 Å². The maximum Gasteiger partial charge on any atom is 0.221 e. The van der Waals surface area contributed by atoms with Gasteiger partial charge in [0.05, 0.1) is 6.42 Å². The van der Waals surface area contributed by atoms with E-state index >= 15 is 0 Å². The highest BCUT2D eigenvalue weighted by molar-refractivity contribution is 5.93. The van der Waals surface area contributed by atoms with Gasteiger partial charge in [-0.25, -0.2) is 0 Å². The second kappa shape index (κ2) is 7.42. The average molecular weight is 313 g/mol. The van der Waals surface area contributed by atoms with Crippen LogP contribution in [0.15, 0.2) is 84.9 Å². The van der Waals surface area contributed by atoms with E-state index in [1.54, 1.807) is 0 Å². The molecule has 118 valence electrons. The Morgan fingerprint density at radius 2 is 1.38 bits per heavy atom. The summed E-state index contributed by atoms with van der Waals surface area (Å²) in [5.74, 6) is -0.324. The molecule has 0 spiro atoms. The Hall–Kier alpha value is -3.13. The molecule has 0 aromatic heterocycles. The van der Waals surface area contributed by atoms with E-state index in [4.69, 9.17) is 5.73 Å². The highest BCUT2D eigenvalue weighted by Crippen LogP contribution is 2.29.